The third-order valence-electron chi connectivity index (χ3n) is 4.41. The van der Waals surface area contributed by atoms with E-state index >= 15 is 0 Å². The molecule has 0 aliphatic rings. The first-order valence-corrected chi connectivity index (χ1v) is 11.4. The van der Waals surface area contributed by atoms with Gasteiger partial charge in [-0.05, 0) is 42.3 Å². The van der Waals surface area contributed by atoms with Crippen LogP contribution in [0.2, 0.25) is 0 Å². The zero-order valence-electron chi connectivity index (χ0n) is 15.8. The molecular weight excluding hydrogens is 415 g/mol. The molecule has 0 unspecified atom stereocenters. The molecule has 0 radical (unpaired) electrons. The van der Waals surface area contributed by atoms with E-state index in [9.17, 15) is 22.4 Å². The summed E-state index contributed by atoms with van der Waals surface area (Å²) in [4.78, 5) is 25.1. The van der Waals surface area contributed by atoms with Crippen LogP contribution >= 0.6 is 11.3 Å². The number of rotatable bonds is 6. The Balaban J connectivity index is 1.74. The lowest BCUT2D eigenvalue weighted by Crippen LogP contribution is -2.23. The van der Waals surface area contributed by atoms with Crippen LogP contribution in [0.5, 0.6) is 0 Å². The summed E-state index contributed by atoms with van der Waals surface area (Å²) < 4.78 is 37.5. The van der Waals surface area contributed by atoms with Crippen molar-refractivity contribution in [3.05, 3.63) is 85.7 Å². The van der Waals surface area contributed by atoms with Crippen molar-refractivity contribution < 1.29 is 17.6 Å². The second kappa shape index (κ2) is 8.30. The Labute approximate surface area is 171 Å². The van der Waals surface area contributed by atoms with E-state index in [2.05, 4.69) is 5.32 Å². The fraction of sp³-hybridized carbons (Fsp3) is 0.200. The van der Waals surface area contributed by atoms with Gasteiger partial charge in [0, 0.05) is 18.5 Å². The molecule has 0 saturated heterocycles. The Hall–Kier alpha value is -2.78. The number of sulfone groups is 1. The maximum atomic E-state index is 13.0. The zero-order chi connectivity index (χ0) is 21.2. The Morgan fingerprint density at radius 3 is 2.24 bits per heavy atom. The van der Waals surface area contributed by atoms with Crippen molar-refractivity contribution in [1.82, 2.24) is 9.88 Å². The summed E-state index contributed by atoms with van der Waals surface area (Å²) in [6, 6.07) is 12.1. The second-order valence-electron chi connectivity index (χ2n) is 6.59. The van der Waals surface area contributed by atoms with Crippen LogP contribution in [0.15, 0.2) is 58.2 Å². The molecule has 1 amide bonds. The number of benzene rings is 2. The van der Waals surface area contributed by atoms with E-state index in [1.807, 2.05) is 0 Å². The van der Waals surface area contributed by atoms with Gasteiger partial charge in [0.2, 0.25) is 0 Å². The molecule has 1 heterocycles. The maximum absolute atomic E-state index is 13.0. The third kappa shape index (κ3) is 4.99. The number of hydrogen-bond acceptors (Lipinski definition) is 5. The van der Waals surface area contributed by atoms with E-state index in [0.29, 0.717) is 10.6 Å². The highest BCUT2D eigenvalue weighted by atomic mass is 32.2. The first-order valence-electron chi connectivity index (χ1n) is 8.67. The number of halogens is 1. The largest absolute Gasteiger partial charge is 0.347 e. The van der Waals surface area contributed by atoms with Gasteiger partial charge < -0.3 is 5.32 Å². The lowest BCUT2D eigenvalue weighted by Gasteiger charge is -2.08. The molecule has 0 fully saturated rings. The van der Waals surface area contributed by atoms with Gasteiger partial charge in [0.25, 0.3) is 5.91 Å². The van der Waals surface area contributed by atoms with Gasteiger partial charge in [0.05, 0.1) is 11.4 Å². The highest BCUT2D eigenvalue weighted by Gasteiger charge is 2.18. The monoisotopic (exact) mass is 434 g/mol. The van der Waals surface area contributed by atoms with Crippen LogP contribution in [0.1, 0.15) is 26.5 Å². The molecule has 152 valence electrons. The number of carbonyl (C=O) groups is 1. The first kappa shape index (κ1) is 20.9. The molecule has 3 aromatic rings. The van der Waals surface area contributed by atoms with Crippen molar-refractivity contribution in [3.63, 3.8) is 0 Å². The molecule has 2 aromatic carbocycles. The van der Waals surface area contributed by atoms with Gasteiger partial charge in [-0.2, -0.15) is 0 Å². The average molecular weight is 435 g/mol. The molecule has 6 nitrogen and oxygen atoms in total. The molecule has 0 bridgehead atoms. The number of carbonyl (C=O) groups excluding carboxylic acids is 1. The third-order valence-corrected chi connectivity index (χ3v) is 6.62. The number of nitrogens with zero attached hydrogens (tertiary/aromatic N) is 1. The molecule has 0 aliphatic carbocycles. The lowest BCUT2D eigenvalue weighted by molar-refractivity contribution is 0.0954. The van der Waals surface area contributed by atoms with Crippen molar-refractivity contribution in [2.24, 2.45) is 0 Å². The maximum Gasteiger partial charge on any atom is 0.308 e. The van der Waals surface area contributed by atoms with Crippen LogP contribution in [-0.2, 0) is 22.9 Å². The molecule has 1 aromatic heterocycles. The molecule has 9 heteroatoms. The highest BCUT2D eigenvalue weighted by Crippen LogP contribution is 2.16. The minimum atomic E-state index is -3.29. The Kier molecular flexibility index (Phi) is 5.99. The van der Waals surface area contributed by atoms with Crippen molar-refractivity contribution in [2.75, 3.05) is 6.26 Å². The van der Waals surface area contributed by atoms with Crippen LogP contribution in [0, 0.1) is 12.7 Å². The molecule has 1 N–H and O–H groups in total. The molecule has 3 rings (SSSR count). The van der Waals surface area contributed by atoms with Crippen LogP contribution in [0.4, 0.5) is 4.39 Å². The van der Waals surface area contributed by atoms with E-state index in [-0.39, 0.29) is 34.6 Å². The summed E-state index contributed by atoms with van der Waals surface area (Å²) in [7, 11) is -3.29. The minimum absolute atomic E-state index is 0.205. The second-order valence-corrected chi connectivity index (χ2v) is 9.57. The fourth-order valence-corrected chi connectivity index (χ4v) is 4.30. The summed E-state index contributed by atoms with van der Waals surface area (Å²) in [5.41, 5.74) is 2.03. The van der Waals surface area contributed by atoms with Crippen LogP contribution < -0.4 is 10.2 Å². The summed E-state index contributed by atoms with van der Waals surface area (Å²) in [6.07, 6.45) is 1.13. The molecule has 0 saturated carbocycles. The van der Waals surface area contributed by atoms with Crippen LogP contribution in [0.25, 0.3) is 0 Å². The Morgan fingerprint density at radius 1 is 1.07 bits per heavy atom. The van der Waals surface area contributed by atoms with Gasteiger partial charge in [-0.25, -0.2) is 12.8 Å². The van der Waals surface area contributed by atoms with Crippen LogP contribution in [-0.4, -0.2) is 25.1 Å². The van der Waals surface area contributed by atoms with Gasteiger partial charge >= 0.3 is 4.87 Å². The van der Waals surface area contributed by atoms with E-state index in [4.69, 9.17) is 0 Å². The SMILES string of the molecule is Cc1c(C(=O)NCc2ccc(F)cc2)sc(=O)n1Cc1ccc(S(C)(=O)=O)cc1. The van der Waals surface area contributed by atoms with Crippen LogP contribution in [0.3, 0.4) is 0 Å². The average Bonchev–Trinajstić information content (AvgIpc) is 2.95. The lowest BCUT2D eigenvalue weighted by atomic mass is 10.2. The van der Waals surface area contributed by atoms with Gasteiger partial charge in [-0.15, -0.1) is 0 Å². The number of thiazole rings is 1. The quantitative estimate of drug-likeness (QED) is 0.647. The number of amides is 1. The molecule has 0 spiro atoms. The summed E-state index contributed by atoms with van der Waals surface area (Å²) in [6.45, 7) is 2.14. The molecular formula is C20H19FN2O4S2. The number of aromatic nitrogens is 1. The van der Waals surface area contributed by atoms with Gasteiger partial charge in [0.1, 0.15) is 10.7 Å². The zero-order valence-corrected chi connectivity index (χ0v) is 17.4. The topological polar surface area (TPSA) is 85.2 Å². The summed E-state index contributed by atoms with van der Waals surface area (Å²) >= 11 is 0.853. The predicted molar refractivity (Wildman–Crippen MR) is 110 cm³/mol. The van der Waals surface area contributed by atoms with Gasteiger partial charge in [0.15, 0.2) is 9.84 Å². The standard InChI is InChI=1S/C20H19FN2O4S2/c1-13-18(19(24)22-11-14-3-7-16(21)8-4-14)28-20(25)23(13)12-15-5-9-17(10-6-15)29(2,26)27/h3-10H,11-12H2,1-2H3,(H,22,24). The van der Waals surface area contributed by atoms with Crippen molar-refractivity contribution >= 4 is 27.1 Å². The van der Waals surface area contributed by atoms with E-state index in [1.165, 1.54) is 28.8 Å². The summed E-state index contributed by atoms with van der Waals surface area (Å²) in [5, 5.41) is 2.73. The van der Waals surface area contributed by atoms with E-state index < -0.39 is 9.84 Å². The Bertz CT molecular complexity index is 1190. The van der Waals surface area contributed by atoms with Crippen molar-refractivity contribution in [3.8, 4) is 0 Å². The predicted octanol–water partition coefficient (Wildman–Crippen LogP) is 2.74. The fourth-order valence-electron chi connectivity index (χ4n) is 2.76. The molecule has 0 aliphatic heterocycles. The smallest absolute Gasteiger partial charge is 0.308 e. The van der Waals surface area contributed by atoms with Gasteiger partial charge in [-0.3, -0.25) is 14.2 Å². The van der Waals surface area contributed by atoms with Crippen molar-refractivity contribution in [2.45, 2.75) is 24.9 Å². The van der Waals surface area contributed by atoms with Crippen molar-refractivity contribution in [1.29, 1.82) is 0 Å². The number of hydrogen-bond donors (Lipinski definition) is 1. The van der Waals surface area contributed by atoms with E-state index in [1.54, 1.807) is 31.2 Å². The Morgan fingerprint density at radius 2 is 1.66 bits per heavy atom. The summed E-state index contributed by atoms with van der Waals surface area (Å²) in [5.74, 6) is -0.726. The molecule has 29 heavy (non-hydrogen) atoms. The molecule has 0 atom stereocenters. The minimum Gasteiger partial charge on any atom is -0.347 e. The first-order chi connectivity index (χ1) is 13.6. The number of nitrogens with one attached hydrogen (secondary N) is 1. The highest BCUT2D eigenvalue weighted by molar-refractivity contribution is 7.90. The van der Waals surface area contributed by atoms with E-state index in [0.717, 1.165) is 28.7 Å². The van der Waals surface area contributed by atoms with Gasteiger partial charge in [-0.1, -0.05) is 35.6 Å². The normalized spacial score (nSPS) is 11.4.